The summed E-state index contributed by atoms with van der Waals surface area (Å²) >= 11 is 0. The molecule has 0 saturated carbocycles. The van der Waals surface area contributed by atoms with Gasteiger partial charge >= 0.3 is 0 Å². The quantitative estimate of drug-likeness (QED) is 0.572. The summed E-state index contributed by atoms with van der Waals surface area (Å²) < 4.78 is 0. The zero-order valence-corrected chi connectivity index (χ0v) is 6.86. The summed E-state index contributed by atoms with van der Waals surface area (Å²) in [6, 6.07) is 0. The van der Waals surface area contributed by atoms with Gasteiger partial charge < -0.3 is 10.6 Å². The molecular weight excluding hydrogens is 112 g/mol. The lowest BCUT2D eigenvalue weighted by Gasteiger charge is -2.22. The number of likely N-dealkylation sites (N-methyl/N-ethyl adjacent to an activating group) is 1. The van der Waals surface area contributed by atoms with Gasteiger partial charge in [-0.15, -0.1) is 6.54 Å². The summed E-state index contributed by atoms with van der Waals surface area (Å²) in [5.74, 6) is 0. The molecular formula is C7H17N2-. The van der Waals surface area contributed by atoms with Crippen molar-refractivity contribution in [2.75, 3.05) is 20.1 Å². The summed E-state index contributed by atoms with van der Waals surface area (Å²) in [4.78, 5) is 0. The minimum atomic E-state index is 0.241. The lowest BCUT2D eigenvalue weighted by Crippen LogP contribution is -2.37. The second kappa shape index (κ2) is 3.85. The normalized spacial score (nSPS) is 12.0. The Kier molecular flexibility index (Phi) is 3.82. The van der Waals surface area contributed by atoms with Gasteiger partial charge in [0.1, 0.15) is 0 Å². The van der Waals surface area contributed by atoms with Crippen LogP contribution in [0, 0.1) is 0 Å². The van der Waals surface area contributed by atoms with Crippen molar-refractivity contribution in [3.05, 3.63) is 5.32 Å². The molecule has 2 nitrogen and oxygen atoms in total. The van der Waals surface area contributed by atoms with Crippen LogP contribution in [-0.2, 0) is 0 Å². The Balaban J connectivity index is 3.07. The zero-order chi connectivity index (χ0) is 7.33. The van der Waals surface area contributed by atoms with E-state index < -0.39 is 0 Å². The van der Waals surface area contributed by atoms with Gasteiger partial charge in [-0.25, -0.2) is 0 Å². The third-order valence-electron chi connectivity index (χ3n) is 0.991. The summed E-state index contributed by atoms with van der Waals surface area (Å²) in [6.45, 7) is 8.37. The topological polar surface area (TPSA) is 26.1 Å². The highest BCUT2D eigenvalue weighted by Gasteiger charge is 2.04. The summed E-state index contributed by atoms with van der Waals surface area (Å²) in [7, 11) is 1.84. The van der Waals surface area contributed by atoms with Crippen LogP contribution in [0.4, 0.5) is 0 Å². The molecule has 0 bridgehead atoms. The average molecular weight is 129 g/mol. The second-order valence-electron chi connectivity index (χ2n) is 3.22. The van der Waals surface area contributed by atoms with Crippen molar-refractivity contribution in [1.82, 2.24) is 5.32 Å². The molecule has 56 valence electrons. The Morgan fingerprint density at radius 3 is 2.22 bits per heavy atom. The monoisotopic (exact) mass is 129 g/mol. The van der Waals surface area contributed by atoms with Crippen molar-refractivity contribution < 1.29 is 0 Å². The molecule has 0 rings (SSSR count). The van der Waals surface area contributed by atoms with Gasteiger partial charge in [-0.1, -0.05) is 0 Å². The second-order valence-corrected chi connectivity index (χ2v) is 3.22. The number of nitrogens with one attached hydrogen (secondary N) is 1. The molecule has 0 unspecified atom stereocenters. The molecule has 0 saturated heterocycles. The third-order valence-corrected chi connectivity index (χ3v) is 0.991. The molecule has 0 amide bonds. The smallest absolute Gasteiger partial charge is 0.00958 e. The molecule has 0 aliphatic carbocycles. The van der Waals surface area contributed by atoms with E-state index in [1.807, 2.05) is 7.05 Å². The molecule has 0 aliphatic heterocycles. The van der Waals surface area contributed by atoms with Crippen LogP contribution in [0.2, 0.25) is 0 Å². The fourth-order valence-electron chi connectivity index (χ4n) is 0.543. The van der Waals surface area contributed by atoms with Crippen LogP contribution >= 0.6 is 0 Å². The van der Waals surface area contributed by atoms with E-state index in [9.17, 15) is 0 Å². The summed E-state index contributed by atoms with van der Waals surface area (Å²) in [5, 5.41) is 7.31. The molecule has 0 heterocycles. The molecule has 0 aromatic heterocycles. The minimum absolute atomic E-state index is 0.241. The number of hydrogen-bond donors (Lipinski definition) is 1. The average Bonchev–Trinajstić information content (AvgIpc) is 1.63. The number of hydrogen-bond acceptors (Lipinski definition) is 1. The lowest BCUT2D eigenvalue weighted by molar-refractivity contribution is 0.436. The Morgan fingerprint density at radius 1 is 1.33 bits per heavy atom. The first-order valence-electron chi connectivity index (χ1n) is 3.37. The van der Waals surface area contributed by atoms with Crippen LogP contribution in [0.25, 0.3) is 5.32 Å². The first-order chi connectivity index (χ1) is 4.06. The van der Waals surface area contributed by atoms with Gasteiger partial charge in [-0.05, 0) is 27.3 Å². The van der Waals surface area contributed by atoms with Crippen LogP contribution in [0.3, 0.4) is 0 Å². The van der Waals surface area contributed by atoms with Crippen molar-refractivity contribution >= 4 is 0 Å². The first kappa shape index (κ1) is 8.92. The molecule has 0 aromatic carbocycles. The molecule has 9 heavy (non-hydrogen) atoms. The Morgan fingerprint density at radius 2 is 1.89 bits per heavy atom. The van der Waals surface area contributed by atoms with Crippen molar-refractivity contribution in [2.45, 2.75) is 26.3 Å². The fourth-order valence-corrected chi connectivity index (χ4v) is 0.543. The standard InChI is InChI=1S/C7H17N2/c1-7(2,3)9-6-5-8-4/h9H,5-6H2,1-4H3/q-1. The van der Waals surface area contributed by atoms with Gasteiger partial charge in [-0.2, -0.15) is 7.05 Å². The highest BCUT2D eigenvalue weighted by Crippen LogP contribution is 1.96. The van der Waals surface area contributed by atoms with E-state index in [2.05, 4.69) is 31.4 Å². The largest absolute Gasteiger partial charge is 0.664 e. The van der Waals surface area contributed by atoms with Crippen LogP contribution in [0.15, 0.2) is 0 Å². The van der Waals surface area contributed by atoms with E-state index in [1.54, 1.807) is 0 Å². The van der Waals surface area contributed by atoms with Crippen LogP contribution in [0.5, 0.6) is 0 Å². The maximum atomic E-state index is 3.98. The number of rotatable bonds is 3. The van der Waals surface area contributed by atoms with Crippen molar-refractivity contribution in [3.63, 3.8) is 0 Å². The van der Waals surface area contributed by atoms with Crippen LogP contribution in [0.1, 0.15) is 20.8 Å². The van der Waals surface area contributed by atoms with E-state index >= 15 is 0 Å². The molecule has 0 spiro atoms. The fraction of sp³-hybridized carbons (Fsp3) is 1.00. The van der Waals surface area contributed by atoms with Gasteiger partial charge in [0.2, 0.25) is 0 Å². The molecule has 0 aromatic rings. The Bertz CT molecular complexity index is 63.8. The molecule has 0 aliphatic rings. The van der Waals surface area contributed by atoms with Gasteiger partial charge in [0.05, 0.1) is 0 Å². The molecule has 2 heteroatoms. The van der Waals surface area contributed by atoms with E-state index in [1.165, 1.54) is 0 Å². The Labute approximate surface area is 58.0 Å². The highest BCUT2D eigenvalue weighted by atomic mass is 15.0. The summed E-state index contributed by atoms with van der Waals surface area (Å²) in [6.07, 6.45) is 0. The van der Waals surface area contributed by atoms with Gasteiger partial charge in [-0.3, -0.25) is 0 Å². The van der Waals surface area contributed by atoms with E-state index in [-0.39, 0.29) is 5.54 Å². The Hall–Kier alpha value is -0.0800. The van der Waals surface area contributed by atoms with E-state index in [0.717, 1.165) is 13.1 Å². The first-order valence-corrected chi connectivity index (χ1v) is 3.37. The zero-order valence-electron chi connectivity index (χ0n) is 6.86. The summed E-state index contributed by atoms with van der Waals surface area (Å²) in [5.41, 5.74) is 0.241. The highest BCUT2D eigenvalue weighted by molar-refractivity contribution is 4.76. The maximum absolute atomic E-state index is 3.98. The van der Waals surface area contributed by atoms with Crippen molar-refractivity contribution in [1.29, 1.82) is 0 Å². The van der Waals surface area contributed by atoms with Crippen molar-refractivity contribution in [2.24, 2.45) is 0 Å². The van der Waals surface area contributed by atoms with Crippen molar-refractivity contribution in [3.8, 4) is 0 Å². The van der Waals surface area contributed by atoms with Gasteiger partial charge in [0.15, 0.2) is 0 Å². The predicted octanol–water partition coefficient (Wildman–Crippen LogP) is 1.38. The van der Waals surface area contributed by atoms with Crippen LogP contribution in [-0.4, -0.2) is 25.7 Å². The van der Waals surface area contributed by atoms with Gasteiger partial charge in [0.25, 0.3) is 0 Å². The number of nitrogens with zero attached hydrogens (tertiary/aromatic N) is 1. The van der Waals surface area contributed by atoms with E-state index in [4.69, 9.17) is 0 Å². The minimum Gasteiger partial charge on any atom is -0.664 e. The van der Waals surface area contributed by atoms with Gasteiger partial charge in [0, 0.05) is 5.54 Å². The van der Waals surface area contributed by atoms with Crippen LogP contribution < -0.4 is 5.32 Å². The molecule has 0 radical (unpaired) electrons. The lowest BCUT2D eigenvalue weighted by atomic mass is 10.1. The molecule has 0 atom stereocenters. The molecule has 0 fully saturated rings. The predicted molar refractivity (Wildman–Crippen MR) is 41.9 cm³/mol. The SMILES string of the molecule is C[N-]CCNC(C)(C)C. The maximum Gasteiger partial charge on any atom is 0.00958 e. The molecule has 1 N–H and O–H groups in total. The van der Waals surface area contributed by atoms with E-state index in [0.29, 0.717) is 0 Å². The third kappa shape index (κ3) is 7.92.